The number of carbonyl (C=O) groups is 1. The van der Waals surface area contributed by atoms with Crippen molar-refractivity contribution in [3.63, 3.8) is 0 Å². The first-order chi connectivity index (χ1) is 6.65. The van der Waals surface area contributed by atoms with E-state index in [1.54, 1.807) is 0 Å². The summed E-state index contributed by atoms with van der Waals surface area (Å²) in [5, 5.41) is 0. The summed E-state index contributed by atoms with van der Waals surface area (Å²) in [5.74, 6) is 0.557. The van der Waals surface area contributed by atoms with Gasteiger partial charge in [0.05, 0.1) is 6.10 Å². The number of carbonyl (C=O) groups excluding carboxylic acids is 1. The van der Waals surface area contributed by atoms with Crippen LogP contribution in [0.3, 0.4) is 0 Å². The molecule has 1 fully saturated rings. The molecule has 0 aliphatic heterocycles. The molecule has 0 spiro atoms. The maximum Gasteiger partial charge on any atom is 0.187 e. The van der Waals surface area contributed by atoms with Gasteiger partial charge in [0.2, 0.25) is 0 Å². The van der Waals surface area contributed by atoms with Crippen molar-refractivity contribution in [3.8, 4) is 0 Å². The fraction of sp³-hybridized carbons (Fsp3) is 0.909. The second-order valence-electron chi connectivity index (χ2n) is 4.04. The molecule has 0 aromatic rings. The van der Waals surface area contributed by atoms with Gasteiger partial charge in [-0.15, -0.1) is 0 Å². The molecule has 1 unspecified atom stereocenters. The van der Waals surface area contributed by atoms with Crippen LogP contribution in [0.5, 0.6) is 0 Å². The third-order valence-corrected chi connectivity index (χ3v) is 2.27. The highest BCUT2D eigenvalue weighted by Crippen LogP contribution is 2.34. The van der Waals surface area contributed by atoms with Gasteiger partial charge in [-0.25, -0.2) is 0 Å². The summed E-state index contributed by atoms with van der Waals surface area (Å²) in [7, 11) is 0. The first-order valence-electron chi connectivity index (χ1n) is 5.41. The lowest BCUT2D eigenvalue weighted by Gasteiger charge is -2.15. The van der Waals surface area contributed by atoms with Gasteiger partial charge in [0, 0.05) is 6.61 Å². The normalized spacial score (nSPS) is 18.6. The largest absolute Gasteiger partial charge is 0.371 e. The van der Waals surface area contributed by atoms with Crippen molar-refractivity contribution in [1.29, 1.82) is 0 Å². The molecule has 1 aliphatic carbocycles. The second-order valence-corrected chi connectivity index (χ2v) is 4.04. The lowest BCUT2D eigenvalue weighted by atomic mass is 10.1. The quantitative estimate of drug-likeness (QED) is 0.628. The number of hydrogen-bond acceptors (Lipinski definition) is 3. The molecular weight excluding hydrogens is 180 g/mol. The van der Waals surface area contributed by atoms with Crippen LogP contribution in [0, 0.1) is 5.92 Å². The Labute approximate surface area is 85.8 Å². The van der Waals surface area contributed by atoms with Crippen molar-refractivity contribution in [2.24, 2.45) is 5.92 Å². The van der Waals surface area contributed by atoms with Crippen molar-refractivity contribution in [1.82, 2.24) is 0 Å². The van der Waals surface area contributed by atoms with E-state index in [2.05, 4.69) is 0 Å². The third-order valence-electron chi connectivity index (χ3n) is 2.27. The molecule has 0 saturated heterocycles. The Morgan fingerprint density at radius 1 is 1.36 bits per heavy atom. The molecule has 3 nitrogen and oxygen atoms in total. The van der Waals surface area contributed by atoms with Crippen LogP contribution in [0.1, 0.15) is 33.6 Å². The Morgan fingerprint density at radius 2 is 2.00 bits per heavy atom. The number of hydrogen-bond donors (Lipinski definition) is 0. The van der Waals surface area contributed by atoms with E-state index in [0.29, 0.717) is 12.5 Å². The van der Waals surface area contributed by atoms with E-state index in [4.69, 9.17) is 9.47 Å². The highest BCUT2D eigenvalue weighted by atomic mass is 16.5. The summed E-state index contributed by atoms with van der Waals surface area (Å²) in [4.78, 5) is 11.7. The molecule has 0 bridgehead atoms. The van der Waals surface area contributed by atoms with Crippen LogP contribution >= 0.6 is 0 Å². The summed E-state index contributed by atoms with van der Waals surface area (Å²) in [5.41, 5.74) is 0. The Balaban J connectivity index is 2.30. The number of rotatable bonds is 7. The van der Waals surface area contributed by atoms with Crippen molar-refractivity contribution in [2.45, 2.75) is 45.8 Å². The number of ketones is 1. The predicted molar refractivity (Wildman–Crippen MR) is 54.2 cm³/mol. The highest BCUT2D eigenvalue weighted by molar-refractivity contribution is 5.85. The molecule has 0 aromatic carbocycles. The average Bonchev–Trinajstić information content (AvgIpc) is 2.93. The lowest BCUT2D eigenvalue weighted by Crippen LogP contribution is -2.31. The highest BCUT2D eigenvalue weighted by Gasteiger charge is 2.36. The zero-order valence-electron chi connectivity index (χ0n) is 9.29. The van der Waals surface area contributed by atoms with Gasteiger partial charge in [0.1, 0.15) is 12.7 Å². The zero-order chi connectivity index (χ0) is 10.6. The Morgan fingerprint density at radius 3 is 2.43 bits per heavy atom. The fourth-order valence-electron chi connectivity index (χ4n) is 1.40. The molecule has 0 N–H and O–H groups in total. The minimum Gasteiger partial charge on any atom is -0.371 e. The Bertz CT molecular complexity index is 185. The summed E-state index contributed by atoms with van der Waals surface area (Å²) >= 11 is 0. The molecule has 1 rings (SSSR count). The third kappa shape index (κ3) is 3.76. The maximum absolute atomic E-state index is 11.7. The van der Waals surface area contributed by atoms with E-state index in [1.807, 2.05) is 20.8 Å². The minimum atomic E-state index is -0.209. The molecule has 0 amide bonds. The first kappa shape index (κ1) is 11.7. The molecule has 14 heavy (non-hydrogen) atoms. The van der Waals surface area contributed by atoms with Crippen molar-refractivity contribution in [3.05, 3.63) is 0 Å². The number of ether oxygens (including phenoxy) is 2. The maximum atomic E-state index is 11.7. The van der Waals surface area contributed by atoms with Crippen LogP contribution in [0.2, 0.25) is 0 Å². The molecule has 0 radical (unpaired) electrons. The van der Waals surface area contributed by atoms with Gasteiger partial charge in [-0.2, -0.15) is 0 Å². The molecule has 1 atom stereocenters. The Hall–Kier alpha value is -0.410. The minimum absolute atomic E-state index is 0.100. The van der Waals surface area contributed by atoms with E-state index >= 15 is 0 Å². The lowest BCUT2D eigenvalue weighted by molar-refractivity contribution is -0.137. The van der Waals surface area contributed by atoms with Crippen molar-refractivity contribution in [2.75, 3.05) is 13.2 Å². The molecule has 3 heteroatoms. The van der Waals surface area contributed by atoms with Gasteiger partial charge in [-0.05, 0) is 39.5 Å². The monoisotopic (exact) mass is 200 g/mol. The second kappa shape index (κ2) is 5.47. The molecular formula is C11H20O3. The van der Waals surface area contributed by atoms with Crippen molar-refractivity contribution < 1.29 is 14.3 Å². The smallest absolute Gasteiger partial charge is 0.187 e. The fourth-order valence-corrected chi connectivity index (χ4v) is 1.40. The summed E-state index contributed by atoms with van der Waals surface area (Å²) < 4.78 is 10.7. The topological polar surface area (TPSA) is 35.5 Å². The molecule has 1 saturated carbocycles. The van der Waals surface area contributed by atoms with Crippen molar-refractivity contribution >= 4 is 5.78 Å². The Kier molecular flexibility index (Phi) is 4.55. The zero-order valence-corrected chi connectivity index (χ0v) is 9.29. The van der Waals surface area contributed by atoms with Gasteiger partial charge in [0.25, 0.3) is 0 Å². The molecule has 0 aromatic heterocycles. The van der Waals surface area contributed by atoms with E-state index in [1.165, 1.54) is 0 Å². The summed E-state index contributed by atoms with van der Waals surface area (Å²) in [6, 6.07) is 0. The van der Waals surface area contributed by atoms with Gasteiger partial charge >= 0.3 is 0 Å². The van der Waals surface area contributed by atoms with Gasteiger partial charge in [0.15, 0.2) is 5.78 Å². The van der Waals surface area contributed by atoms with Gasteiger partial charge in [-0.1, -0.05) is 0 Å². The molecule has 0 heterocycles. The van der Waals surface area contributed by atoms with Crippen LogP contribution in [0.4, 0.5) is 0 Å². The predicted octanol–water partition coefficient (Wildman–Crippen LogP) is 1.80. The van der Waals surface area contributed by atoms with Gasteiger partial charge < -0.3 is 9.47 Å². The summed E-state index contributed by atoms with van der Waals surface area (Å²) in [6.45, 7) is 6.58. The number of Topliss-reactive ketones (excluding diaryl/α,β-unsaturated/α-hetero) is 1. The van der Waals surface area contributed by atoms with E-state index in [9.17, 15) is 4.79 Å². The van der Waals surface area contributed by atoms with Crippen LogP contribution in [-0.4, -0.2) is 31.2 Å². The average molecular weight is 200 g/mol. The van der Waals surface area contributed by atoms with E-state index in [-0.39, 0.29) is 24.6 Å². The van der Waals surface area contributed by atoms with Gasteiger partial charge in [-0.3, -0.25) is 4.79 Å². The standard InChI is InChI=1S/C11H20O3/c1-4-13-11(9-5-6-9)10(12)7-14-8(2)3/h8-9,11H,4-7H2,1-3H3. The SMILES string of the molecule is CCOC(C(=O)COC(C)C)C1CC1. The van der Waals surface area contributed by atoms with Crippen LogP contribution < -0.4 is 0 Å². The van der Waals surface area contributed by atoms with Crippen LogP contribution in [-0.2, 0) is 14.3 Å². The van der Waals surface area contributed by atoms with Crippen LogP contribution in [0.25, 0.3) is 0 Å². The van der Waals surface area contributed by atoms with Crippen LogP contribution in [0.15, 0.2) is 0 Å². The van der Waals surface area contributed by atoms with E-state index < -0.39 is 0 Å². The summed E-state index contributed by atoms with van der Waals surface area (Å²) in [6.07, 6.45) is 2.15. The molecule has 1 aliphatic rings. The first-order valence-corrected chi connectivity index (χ1v) is 5.41. The van der Waals surface area contributed by atoms with E-state index in [0.717, 1.165) is 12.8 Å². The molecule has 82 valence electrons.